The molecule has 0 aromatic heterocycles. The zero-order chi connectivity index (χ0) is 14.0. The number of unbranched alkanes of at least 4 members (excludes halogenated alkanes) is 2. The van der Waals surface area contributed by atoms with Gasteiger partial charge in [0, 0.05) is 12.8 Å². The highest BCUT2D eigenvalue weighted by Crippen LogP contribution is 2.14. The Labute approximate surface area is 110 Å². The van der Waals surface area contributed by atoms with Crippen molar-refractivity contribution in [2.45, 2.75) is 72.1 Å². The fraction of sp³-hybridized carbons (Fsp3) is 0.800. The minimum absolute atomic E-state index is 0.0141. The Balaban J connectivity index is 4.25. The van der Waals surface area contributed by atoms with Crippen LogP contribution in [-0.4, -0.2) is 17.3 Å². The van der Waals surface area contributed by atoms with Crippen LogP contribution in [0.1, 0.15) is 72.1 Å². The molecule has 0 saturated carbocycles. The smallest absolute Gasteiger partial charge is 0.150 e. The molecule has 104 valence electrons. The van der Waals surface area contributed by atoms with Gasteiger partial charge in [0.25, 0.3) is 0 Å². The Morgan fingerprint density at radius 1 is 0.833 bits per heavy atom. The number of Topliss-reactive ketones (excluding diaryl/α,β-unsaturated/α-hetero) is 3. The molecule has 0 fully saturated rings. The lowest BCUT2D eigenvalue weighted by atomic mass is 9.90. The van der Waals surface area contributed by atoms with Gasteiger partial charge in [0.2, 0.25) is 0 Å². The summed E-state index contributed by atoms with van der Waals surface area (Å²) in [7, 11) is 0. The molecule has 0 amide bonds. The van der Waals surface area contributed by atoms with Gasteiger partial charge in [0.05, 0.1) is 12.3 Å². The molecule has 0 aromatic rings. The molecule has 0 N–H and O–H groups in total. The number of rotatable bonds is 11. The van der Waals surface area contributed by atoms with Gasteiger partial charge in [-0.2, -0.15) is 0 Å². The maximum Gasteiger partial charge on any atom is 0.150 e. The first kappa shape index (κ1) is 17.0. The lowest BCUT2D eigenvalue weighted by molar-refractivity contribution is -0.134. The van der Waals surface area contributed by atoms with E-state index >= 15 is 0 Å². The second-order valence-electron chi connectivity index (χ2n) is 4.82. The standard InChI is InChI=1S/C15H26O3/c1-4-7-8-10-14(17)13(6-3)15(18)11-12(16)9-5-2/h13H,4-11H2,1-3H3. The van der Waals surface area contributed by atoms with E-state index in [0.717, 1.165) is 25.7 Å². The van der Waals surface area contributed by atoms with Crippen LogP contribution in [0.25, 0.3) is 0 Å². The third-order valence-corrected chi connectivity index (χ3v) is 3.11. The minimum atomic E-state index is -0.553. The van der Waals surface area contributed by atoms with E-state index in [9.17, 15) is 14.4 Å². The molecule has 0 saturated heterocycles. The molecule has 0 spiro atoms. The summed E-state index contributed by atoms with van der Waals surface area (Å²) < 4.78 is 0. The monoisotopic (exact) mass is 254 g/mol. The van der Waals surface area contributed by atoms with E-state index in [1.54, 1.807) is 0 Å². The number of hydrogen-bond acceptors (Lipinski definition) is 3. The Hall–Kier alpha value is -0.990. The summed E-state index contributed by atoms with van der Waals surface area (Å²) in [6.45, 7) is 5.83. The van der Waals surface area contributed by atoms with Crippen LogP contribution in [0.2, 0.25) is 0 Å². The van der Waals surface area contributed by atoms with Crippen LogP contribution in [0.4, 0.5) is 0 Å². The molecule has 0 aliphatic rings. The van der Waals surface area contributed by atoms with E-state index in [-0.39, 0.29) is 23.8 Å². The quantitative estimate of drug-likeness (QED) is 0.419. The van der Waals surface area contributed by atoms with Crippen molar-refractivity contribution in [3.05, 3.63) is 0 Å². The molecular weight excluding hydrogens is 228 g/mol. The van der Waals surface area contributed by atoms with Gasteiger partial charge >= 0.3 is 0 Å². The first-order valence-electron chi connectivity index (χ1n) is 7.13. The molecule has 0 radical (unpaired) electrons. The highest BCUT2D eigenvalue weighted by Gasteiger charge is 2.25. The number of hydrogen-bond donors (Lipinski definition) is 0. The van der Waals surface area contributed by atoms with E-state index in [2.05, 4.69) is 6.92 Å². The molecule has 0 rings (SSSR count). The third kappa shape index (κ3) is 6.67. The zero-order valence-electron chi connectivity index (χ0n) is 12.0. The predicted molar refractivity (Wildman–Crippen MR) is 72.5 cm³/mol. The van der Waals surface area contributed by atoms with E-state index in [1.807, 2.05) is 13.8 Å². The molecule has 0 aliphatic heterocycles. The summed E-state index contributed by atoms with van der Waals surface area (Å²) in [6.07, 6.45) is 5.05. The topological polar surface area (TPSA) is 51.2 Å². The van der Waals surface area contributed by atoms with Crippen molar-refractivity contribution in [1.82, 2.24) is 0 Å². The van der Waals surface area contributed by atoms with Crippen LogP contribution >= 0.6 is 0 Å². The molecule has 0 aliphatic carbocycles. The first-order chi connectivity index (χ1) is 8.56. The van der Waals surface area contributed by atoms with Crippen molar-refractivity contribution >= 4 is 17.3 Å². The fourth-order valence-electron chi connectivity index (χ4n) is 2.04. The van der Waals surface area contributed by atoms with Crippen LogP contribution in [0.3, 0.4) is 0 Å². The molecule has 0 aromatic carbocycles. The molecule has 0 heterocycles. The molecule has 1 atom stereocenters. The summed E-state index contributed by atoms with van der Waals surface area (Å²) in [5, 5.41) is 0. The summed E-state index contributed by atoms with van der Waals surface area (Å²) in [5.74, 6) is -0.761. The average Bonchev–Trinajstić information content (AvgIpc) is 2.30. The van der Waals surface area contributed by atoms with Crippen molar-refractivity contribution in [1.29, 1.82) is 0 Å². The van der Waals surface area contributed by atoms with Crippen molar-refractivity contribution < 1.29 is 14.4 Å². The van der Waals surface area contributed by atoms with Crippen molar-refractivity contribution in [3.63, 3.8) is 0 Å². The normalized spacial score (nSPS) is 12.2. The molecule has 1 unspecified atom stereocenters. The van der Waals surface area contributed by atoms with Gasteiger partial charge in [-0.15, -0.1) is 0 Å². The Morgan fingerprint density at radius 3 is 2.00 bits per heavy atom. The largest absolute Gasteiger partial charge is 0.299 e. The minimum Gasteiger partial charge on any atom is -0.299 e. The van der Waals surface area contributed by atoms with E-state index in [4.69, 9.17) is 0 Å². The number of ketones is 3. The second kappa shape index (κ2) is 9.98. The SMILES string of the molecule is CCCCCC(=O)C(CC)C(=O)CC(=O)CCC. The lowest BCUT2D eigenvalue weighted by Crippen LogP contribution is -2.25. The van der Waals surface area contributed by atoms with Crippen LogP contribution in [0.15, 0.2) is 0 Å². The summed E-state index contributed by atoms with van der Waals surface area (Å²) >= 11 is 0. The third-order valence-electron chi connectivity index (χ3n) is 3.11. The molecule has 0 bridgehead atoms. The van der Waals surface area contributed by atoms with Crippen LogP contribution < -0.4 is 0 Å². The van der Waals surface area contributed by atoms with Crippen LogP contribution in [-0.2, 0) is 14.4 Å². The number of carbonyl (C=O) groups is 3. The van der Waals surface area contributed by atoms with Crippen molar-refractivity contribution in [3.8, 4) is 0 Å². The van der Waals surface area contributed by atoms with Gasteiger partial charge in [-0.25, -0.2) is 0 Å². The highest BCUT2D eigenvalue weighted by atomic mass is 16.2. The maximum absolute atomic E-state index is 11.9. The summed E-state index contributed by atoms with van der Waals surface area (Å²) in [6, 6.07) is 0. The van der Waals surface area contributed by atoms with E-state index < -0.39 is 5.92 Å². The predicted octanol–water partition coefficient (Wildman–Crippen LogP) is 3.49. The summed E-state index contributed by atoms with van der Waals surface area (Å²) in [4.78, 5) is 35.2. The highest BCUT2D eigenvalue weighted by molar-refractivity contribution is 6.09. The molecule has 3 nitrogen and oxygen atoms in total. The van der Waals surface area contributed by atoms with E-state index in [1.165, 1.54) is 0 Å². The Morgan fingerprint density at radius 2 is 1.50 bits per heavy atom. The van der Waals surface area contributed by atoms with Gasteiger partial charge < -0.3 is 0 Å². The van der Waals surface area contributed by atoms with Crippen molar-refractivity contribution in [2.24, 2.45) is 5.92 Å². The van der Waals surface area contributed by atoms with Crippen molar-refractivity contribution in [2.75, 3.05) is 0 Å². The fourth-order valence-corrected chi connectivity index (χ4v) is 2.04. The van der Waals surface area contributed by atoms with E-state index in [0.29, 0.717) is 19.3 Å². The van der Waals surface area contributed by atoms with Gasteiger partial charge in [0.1, 0.15) is 11.6 Å². The summed E-state index contributed by atoms with van der Waals surface area (Å²) in [5.41, 5.74) is 0. The molecular formula is C15H26O3. The van der Waals surface area contributed by atoms with Gasteiger partial charge in [-0.3, -0.25) is 14.4 Å². The van der Waals surface area contributed by atoms with Crippen LogP contribution in [0.5, 0.6) is 0 Å². The number of carbonyl (C=O) groups excluding carboxylic acids is 3. The second-order valence-corrected chi connectivity index (χ2v) is 4.82. The Kier molecular flexibility index (Phi) is 9.43. The Bertz CT molecular complexity index is 281. The van der Waals surface area contributed by atoms with Gasteiger partial charge in [0.15, 0.2) is 5.78 Å². The van der Waals surface area contributed by atoms with Gasteiger partial charge in [-0.05, 0) is 19.3 Å². The van der Waals surface area contributed by atoms with Gasteiger partial charge in [-0.1, -0.05) is 33.6 Å². The zero-order valence-corrected chi connectivity index (χ0v) is 12.0. The van der Waals surface area contributed by atoms with Crippen LogP contribution in [0, 0.1) is 5.92 Å². The average molecular weight is 254 g/mol. The lowest BCUT2D eigenvalue weighted by Gasteiger charge is -2.12. The molecule has 18 heavy (non-hydrogen) atoms. The molecule has 3 heteroatoms. The maximum atomic E-state index is 11.9. The first-order valence-corrected chi connectivity index (χ1v) is 7.13.